The van der Waals surface area contributed by atoms with Crippen LogP contribution in [-0.4, -0.2) is 19.1 Å². The Labute approximate surface area is 151 Å². The molecule has 0 radical (unpaired) electrons. The fourth-order valence-corrected chi connectivity index (χ4v) is 4.55. The zero-order valence-electron chi connectivity index (χ0n) is 16.2. The smallest absolute Gasteiger partial charge is 0.339 e. The molecule has 1 atom stereocenters. The number of rotatable bonds is 3. The lowest BCUT2D eigenvalue weighted by Gasteiger charge is -2.48. The summed E-state index contributed by atoms with van der Waals surface area (Å²) in [5, 5.41) is 3.68. The maximum Gasteiger partial charge on any atom is 0.339 e. The van der Waals surface area contributed by atoms with Crippen LogP contribution in [0.25, 0.3) is 0 Å². The number of allylic oxidation sites excluding steroid dienone is 1. The summed E-state index contributed by atoms with van der Waals surface area (Å²) in [4.78, 5) is 12.1. The van der Waals surface area contributed by atoms with Crippen LogP contribution in [0.5, 0.6) is 0 Å². The maximum atomic E-state index is 12.1. The molecule has 1 unspecified atom stereocenters. The molecule has 3 heteroatoms. The van der Waals surface area contributed by atoms with Crippen molar-refractivity contribution in [3.63, 3.8) is 0 Å². The molecule has 0 amide bonds. The number of esters is 1. The molecule has 136 valence electrons. The molecule has 3 nitrogen and oxygen atoms in total. The monoisotopic (exact) mass is 341 g/mol. The molecule has 1 aromatic carbocycles. The van der Waals surface area contributed by atoms with Crippen molar-refractivity contribution < 1.29 is 9.53 Å². The van der Waals surface area contributed by atoms with E-state index in [1.165, 1.54) is 26.4 Å². The first-order valence-corrected chi connectivity index (χ1v) is 9.40. The maximum absolute atomic E-state index is 12.1. The highest BCUT2D eigenvalue weighted by atomic mass is 16.5. The summed E-state index contributed by atoms with van der Waals surface area (Å²) in [5.41, 5.74) is 5.30. The average molecular weight is 341 g/mol. The van der Waals surface area contributed by atoms with Crippen LogP contribution in [0.1, 0.15) is 70.2 Å². The van der Waals surface area contributed by atoms with E-state index in [0.717, 1.165) is 18.5 Å². The van der Waals surface area contributed by atoms with E-state index in [0.29, 0.717) is 17.0 Å². The van der Waals surface area contributed by atoms with Crippen molar-refractivity contribution in [2.75, 3.05) is 12.4 Å². The predicted octanol–water partition coefficient (Wildman–Crippen LogP) is 5.58. The molecule has 0 aliphatic heterocycles. The molecule has 0 aromatic heterocycles. The summed E-state index contributed by atoms with van der Waals surface area (Å²) < 4.78 is 4.94. The lowest BCUT2D eigenvalue weighted by molar-refractivity contribution is 0.0601. The van der Waals surface area contributed by atoms with Crippen LogP contribution in [0.2, 0.25) is 0 Å². The molecule has 0 spiro atoms. The Morgan fingerprint density at radius 3 is 2.64 bits per heavy atom. The number of benzene rings is 1. The standard InChI is InChI=1S/C22H31NO2/c1-21(2)12-8-9-15-13-19(22(3,4)14-17(15)21)23-18-11-7-6-10-16(18)20(24)25-5/h6-7,10-11,19,23H,8-9,12-14H2,1-5H3. The SMILES string of the molecule is COC(=O)c1ccccc1NC1CC2=C(CC1(C)C)C(C)(C)CCC2. The minimum Gasteiger partial charge on any atom is -0.465 e. The molecular formula is C22H31NO2. The van der Waals surface area contributed by atoms with Crippen LogP contribution >= 0.6 is 0 Å². The van der Waals surface area contributed by atoms with Gasteiger partial charge in [-0.3, -0.25) is 0 Å². The molecule has 0 fully saturated rings. The van der Waals surface area contributed by atoms with E-state index in [2.05, 4.69) is 33.0 Å². The molecule has 1 aromatic rings. The second-order valence-corrected chi connectivity index (χ2v) is 8.92. The average Bonchev–Trinajstić information content (AvgIpc) is 2.56. The van der Waals surface area contributed by atoms with Gasteiger partial charge in [0.2, 0.25) is 0 Å². The zero-order valence-corrected chi connectivity index (χ0v) is 16.2. The molecule has 3 rings (SSSR count). The number of hydrogen-bond acceptors (Lipinski definition) is 3. The predicted molar refractivity (Wildman–Crippen MR) is 103 cm³/mol. The number of anilines is 1. The van der Waals surface area contributed by atoms with E-state index in [9.17, 15) is 4.79 Å². The van der Waals surface area contributed by atoms with Gasteiger partial charge in [-0.05, 0) is 55.1 Å². The number of carbonyl (C=O) groups is 1. The van der Waals surface area contributed by atoms with Gasteiger partial charge in [0.1, 0.15) is 0 Å². The summed E-state index contributed by atoms with van der Waals surface area (Å²) in [7, 11) is 1.44. The van der Waals surface area contributed by atoms with E-state index in [1.807, 2.05) is 24.3 Å². The van der Waals surface area contributed by atoms with E-state index in [1.54, 1.807) is 11.1 Å². The van der Waals surface area contributed by atoms with E-state index in [-0.39, 0.29) is 11.4 Å². The largest absolute Gasteiger partial charge is 0.465 e. The van der Waals surface area contributed by atoms with Gasteiger partial charge in [0, 0.05) is 11.7 Å². The fourth-order valence-electron chi connectivity index (χ4n) is 4.55. The summed E-state index contributed by atoms with van der Waals surface area (Å²) in [5.74, 6) is -0.282. The normalized spacial score (nSPS) is 24.4. The third kappa shape index (κ3) is 3.47. The molecule has 2 aliphatic carbocycles. The summed E-state index contributed by atoms with van der Waals surface area (Å²) >= 11 is 0. The molecule has 1 N–H and O–H groups in total. The first-order valence-electron chi connectivity index (χ1n) is 9.40. The summed E-state index contributed by atoms with van der Waals surface area (Å²) in [6.07, 6.45) is 6.02. The molecular weight excluding hydrogens is 310 g/mol. The van der Waals surface area contributed by atoms with Crippen LogP contribution in [0.3, 0.4) is 0 Å². The Morgan fingerprint density at radius 2 is 1.92 bits per heavy atom. The Kier molecular flexibility index (Phi) is 4.70. The topological polar surface area (TPSA) is 38.3 Å². The zero-order chi connectivity index (χ0) is 18.2. The van der Waals surface area contributed by atoms with Crippen molar-refractivity contribution in [3.05, 3.63) is 41.0 Å². The molecule has 0 saturated carbocycles. The number of ether oxygens (including phenoxy) is 1. The lowest BCUT2D eigenvalue weighted by atomic mass is 9.60. The highest BCUT2D eigenvalue weighted by molar-refractivity contribution is 5.95. The van der Waals surface area contributed by atoms with Crippen molar-refractivity contribution in [1.82, 2.24) is 0 Å². The van der Waals surface area contributed by atoms with Crippen molar-refractivity contribution in [1.29, 1.82) is 0 Å². The van der Waals surface area contributed by atoms with E-state index < -0.39 is 0 Å². The minimum atomic E-state index is -0.282. The Hall–Kier alpha value is -1.77. The van der Waals surface area contributed by atoms with Gasteiger partial charge in [0.25, 0.3) is 0 Å². The van der Waals surface area contributed by atoms with Crippen LogP contribution in [0.4, 0.5) is 5.69 Å². The Bertz CT molecular complexity index is 700. The molecule has 0 heterocycles. The fraction of sp³-hybridized carbons (Fsp3) is 0.591. The quantitative estimate of drug-likeness (QED) is 0.576. The van der Waals surface area contributed by atoms with Gasteiger partial charge in [-0.1, -0.05) is 51.0 Å². The van der Waals surface area contributed by atoms with Gasteiger partial charge in [-0.15, -0.1) is 0 Å². The molecule has 0 saturated heterocycles. The molecule has 25 heavy (non-hydrogen) atoms. The molecule has 0 bridgehead atoms. The first-order chi connectivity index (χ1) is 11.7. The minimum absolute atomic E-state index is 0.149. The van der Waals surface area contributed by atoms with E-state index >= 15 is 0 Å². The van der Waals surface area contributed by atoms with Gasteiger partial charge < -0.3 is 10.1 Å². The highest BCUT2D eigenvalue weighted by Crippen LogP contribution is 2.52. The van der Waals surface area contributed by atoms with Crippen LogP contribution in [0.15, 0.2) is 35.4 Å². The number of nitrogens with one attached hydrogen (secondary N) is 1. The van der Waals surface area contributed by atoms with Gasteiger partial charge in [-0.25, -0.2) is 4.79 Å². The van der Waals surface area contributed by atoms with Gasteiger partial charge in [-0.2, -0.15) is 0 Å². The van der Waals surface area contributed by atoms with Crippen molar-refractivity contribution in [3.8, 4) is 0 Å². The number of carbonyl (C=O) groups excluding carboxylic acids is 1. The lowest BCUT2D eigenvalue weighted by Crippen LogP contribution is -2.43. The summed E-state index contributed by atoms with van der Waals surface area (Å²) in [6, 6.07) is 7.99. The van der Waals surface area contributed by atoms with Crippen molar-refractivity contribution >= 4 is 11.7 Å². The Morgan fingerprint density at radius 1 is 1.20 bits per heavy atom. The van der Waals surface area contributed by atoms with Crippen molar-refractivity contribution in [2.45, 2.75) is 65.8 Å². The Balaban J connectivity index is 1.90. The van der Waals surface area contributed by atoms with Gasteiger partial charge in [0.05, 0.1) is 12.7 Å². The first kappa shape index (κ1) is 18.0. The van der Waals surface area contributed by atoms with Gasteiger partial charge >= 0.3 is 5.97 Å². The number of methoxy groups -OCH3 is 1. The van der Waals surface area contributed by atoms with Crippen LogP contribution in [0, 0.1) is 10.8 Å². The number of para-hydroxylation sites is 1. The van der Waals surface area contributed by atoms with Gasteiger partial charge in [0.15, 0.2) is 0 Å². The highest BCUT2D eigenvalue weighted by Gasteiger charge is 2.42. The second-order valence-electron chi connectivity index (χ2n) is 8.92. The number of hydrogen-bond donors (Lipinski definition) is 1. The summed E-state index contributed by atoms with van der Waals surface area (Å²) in [6.45, 7) is 9.50. The van der Waals surface area contributed by atoms with Crippen molar-refractivity contribution in [2.24, 2.45) is 10.8 Å². The van der Waals surface area contributed by atoms with Crippen LogP contribution < -0.4 is 5.32 Å². The third-order valence-corrected chi connectivity index (χ3v) is 6.21. The van der Waals surface area contributed by atoms with E-state index in [4.69, 9.17) is 4.74 Å². The van der Waals surface area contributed by atoms with Crippen LogP contribution in [-0.2, 0) is 4.74 Å². The second kappa shape index (κ2) is 6.51. The molecule has 2 aliphatic rings. The third-order valence-electron chi connectivity index (χ3n) is 6.21.